The zero-order chi connectivity index (χ0) is 26.7. The van der Waals surface area contributed by atoms with Gasteiger partial charge in [0, 0.05) is 45.2 Å². The fourth-order valence-electron chi connectivity index (χ4n) is 7.16. The van der Waals surface area contributed by atoms with Crippen LogP contribution in [-0.2, 0) is 6.42 Å². The van der Waals surface area contributed by atoms with E-state index in [1.54, 1.807) is 0 Å². The maximum Gasteiger partial charge on any atom is 0.146 e. The van der Waals surface area contributed by atoms with Crippen LogP contribution in [0.2, 0.25) is 0 Å². The lowest BCUT2D eigenvalue weighted by atomic mass is 10.0. The number of fused-ring (bicyclic) bond motifs is 15. The molecule has 0 saturated heterocycles. The topological polar surface area (TPSA) is 48.0 Å². The Labute approximate surface area is 234 Å². The van der Waals surface area contributed by atoms with Crippen molar-refractivity contribution in [1.82, 2.24) is 23.9 Å². The molecular formula is C36H21N5. The first kappa shape index (κ1) is 21.3. The van der Waals surface area contributed by atoms with E-state index in [9.17, 15) is 0 Å². The van der Waals surface area contributed by atoms with Gasteiger partial charge in [-0.05, 0) is 64.9 Å². The zero-order valence-corrected chi connectivity index (χ0v) is 21.9. The van der Waals surface area contributed by atoms with Gasteiger partial charge in [0.15, 0.2) is 0 Å². The normalized spacial score (nSPS) is 12.8. The maximum absolute atomic E-state index is 5.12. The molecule has 190 valence electrons. The van der Waals surface area contributed by atoms with E-state index in [1.165, 1.54) is 49.4 Å². The van der Waals surface area contributed by atoms with Gasteiger partial charge in [0.25, 0.3) is 0 Å². The number of hydrogen-bond donors (Lipinski definition) is 0. The van der Waals surface area contributed by atoms with Crippen LogP contribution < -0.4 is 0 Å². The minimum atomic E-state index is 0.928. The number of pyridine rings is 3. The second kappa shape index (κ2) is 7.55. The van der Waals surface area contributed by atoms with Crippen molar-refractivity contribution in [3.05, 3.63) is 127 Å². The fraction of sp³-hybridized carbons (Fsp3) is 0.0278. The second-order valence-electron chi connectivity index (χ2n) is 10.9. The highest BCUT2D eigenvalue weighted by atomic mass is 15.0. The van der Waals surface area contributed by atoms with E-state index in [2.05, 4.69) is 104 Å². The molecular weight excluding hydrogens is 502 g/mol. The average molecular weight is 524 g/mol. The molecule has 0 bridgehead atoms. The van der Waals surface area contributed by atoms with E-state index in [4.69, 9.17) is 4.98 Å². The minimum absolute atomic E-state index is 0.928. The lowest BCUT2D eigenvalue weighted by Crippen LogP contribution is -1.96. The summed E-state index contributed by atoms with van der Waals surface area (Å²) in [6.07, 6.45) is 8.49. The van der Waals surface area contributed by atoms with Crippen molar-refractivity contribution in [1.29, 1.82) is 0 Å². The van der Waals surface area contributed by atoms with Crippen molar-refractivity contribution in [2.24, 2.45) is 0 Å². The largest absolute Gasteiger partial charge is 0.309 e. The fourth-order valence-corrected chi connectivity index (χ4v) is 7.16. The second-order valence-corrected chi connectivity index (χ2v) is 10.9. The number of rotatable bonds is 1. The van der Waals surface area contributed by atoms with E-state index >= 15 is 0 Å². The highest BCUT2D eigenvalue weighted by Gasteiger charge is 2.26. The Kier molecular flexibility index (Phi) is 3.92. The smallest absolute Gasteiger partial charge is 0.146 e. The van der Waals surface area contributed by atoms with Crippen LogP contribution in [-0.4, -0.2) is 23.9 Å². The summed E-state index contributed by atoms with van der Waals surface area (Å²) in [5.41, 5.74) is 13.0. The Hall–Kier alpha value is -5.55. The molecule has 4 aromatic carbocycles. The SMILES string of the molecule is c1ccc(-n2c3cc4c5ccncc5n5c6cnccc6nc5c4cc3c3ccc4c(c32)-c2ccccc2C4)cc1. The summed E-state index contributed by atoms with van der Waals surface area (Å²) in [4.78, 5) is 14.0. The van der Waals surface area contributed by atoms with Crippen molar-refractivity contribution < 1.29 is 0 Å². The predicted molar refractivity (Wildman–Crippen MR) is 166 cm³/mol. The lowest BCUT2D eigenvalue weighted by Gasteiger charge is -2.12. The van der Waals surface area contributed by atoms with Crippen molar-refractivity contribution in [3.8, 4) is 16.8 Å². The third kappa shape index (κ3) is 2.68. The van der Waals surface area contributed by atoms with Gasteiger partial charge in [-0.1, -0.05) is 54.6 Å². The number of benzene rings is 4. The van der Waals surface area contributed by atoms with Gasteiger partial charge < -0.3 is 4.57 Å². The van der Waals surface area contributed by atoms with E-state index in [0.717, 1.165) is 45.1 Å². The van der Waals surface area contributed by atoms with Gasteiger partial charge in [-0.2, -0.15) is 0 Å². The Balaban J connectivity index is 1.47. The third-order valence-corrected chi connectivity index (χ3v) is 8.87. The summed E-state index contributed by atoms with van der Waals surface area (Å²) in [5.74, 6) is 0. The van der Waals surface area contributed by atoms with Crippen molar-refractivity contribution in [3.63, 3.8) is 0 Å². The van der Waals surface area contributed by atoms with Gasteiger partial charge >= 0.3 is 0 Å². The highest BCUT2D eigenvalue weighted by Crippen LogP contribution is 2.46. The molecule has 0 atom stereocenters. The molecule has 0 unspecified atom stereocenters. The van der Waals surface area contributed by atoms with E-state index in [-0.39, 0.29) is 0 Å². The molecule has 0 amide bonds. The van der Waals surface area contributed by atoms with E-state index in [1.807, 2.05) is 30.9 Å². The molecule has 5 heterocycles. The van der Waals surface area contributed by atoms with Crippen LogP contribution in [0.5, 0.6) is 0 Å². The maximum atomic E-state index is 5.12. The lowest BCUT2D eigenvalue weighted by molar-refractivity contribution is 1.18. The van der Waals surface area contributed by atoms with Crippen molar-refractivity contribution >= 4 is 60.2 Å². The third-order valence-electron chi connectivity index (χ3n) is 8.87. The molecule has 0 N–H and O–H groups in total. The van der Waals surface area contributed by atoms with Gasteiger partial charge in [-0.15, -0.1) is 0 Å². The number of imidazole rings is 1. The number of aromatic nitrogens is 5. The Morgan fingerprint density at radius 1 is 0.585 bits per heavy atom. The Bertz CT molecular complexity index is 2550. The number of hydrogen-bond acceptors (Lipinski definition) is 3. The van der Waals surface area contributed by atoms with Crippen LogP contribution in [0.1, 0.15) is 11.1 Å². The summed E-state index contributed by atoms with van der Waals surface area (Å²) in [6.45, 7) is 0. The summed E-state index contributed by atoms with van der Waals surface area (Å²) < 4.78 is 4.68. The molecule has 0 fully saturated rings. The first-order valence-electron chi connectivity index (χ1n) is 13.9. The molecule has 0 aliphatic heterocycles. The van der Waals surface area contributed by atoms with Crippen LogP contribution in [0.4, 0.5) is 0 Å². The van der Waals surface area contributed by atoms with Gasteiger partial charge in [0.05, 0.1) is 40.0 Å². The Morgan fingerprint density at radius 3 is 2.34 bits per heavy atom. The molecule has 5 heteroatoms. The van der Waals surface area contributed by atoms with Crippen LogP contribution >= 0.6 is 0 Å². The van der Waals surface area contributed by atoms with Crippen molar-refractivity contribution in [2.45, 2.75) is 6.42 Å². The molecule has 1 aliphatic carbocycles. The highest BCUT2D eigenvalue weighted by molar-refractivity contribution is 6.23. The quantitative estimate of drug-likeness (QED) is 0.204. The molecule has 10 rings (SSSR count). The van der Waals surface area contributed by atoms with E-state index < -0.39 is 0 Å². The standard InChI is InChI=1S/C36H21N5/c1-2-7-23(8-3-1)40-31-18-27-25-12-14-37-19-32(25)41-33-20-38-15-13-30(33)39-36(41)29(27)17-28(31)26-11-10-22-16-21-6-4-5-9-24(21)34(22)35(26)40/h1-15,17-20H,16H2. The van der Waals surface area contributed by atoms with Crippen LogP contribution in [0, 0.1) is 0 Å². The Morgan fingerprint density at radius 2 is 1.41 bits per heavy atom. The van der Waals surface area contributed by atoms with Gasteiger partial charge in [0.1, 0.15) is 5.65 Å². The first-order valence-corrected chi connectivity index (χ1v) is 13.9. The molecule has 1 aliphatic rings. The number of para-hydroxylation sites is 1. The summed E-state index contributed by atoms with van der Waals surface area (Å²) in [7, 11) is 0. The van der Waals surface area contributed by atoms with Crippen LogP contribution in [0.15, 0.2) is 116 Å². The predicted octanol–water partition coefficient (Wildman–Crippen LogP) is 8.25. The molecule has 9 aromatic rings. The summed E-state index contributed by atoms with van der Waals surface area (Å²) in [5, 5.41) is 5.92. The molecule has 5 aromatic heterocycles. The van der Waals surface area contributed by atoms with Gasteiger partial charge in [0.2, 0.25) is 0 Å². The minimum Gasteiger partial charge on any atom is -0.309 e. The van der Waals surface area contributed by atoms with Gasteiger partial charge in [-0.3, -0.25) is 14.4 Å². The monoisotopic (exact) mass is 523 g/mol. The zero-order valence-electron chi connectivity index (χ0n) is 21.9. The average Bonchev–Trinajstić information content (AvgIpc) is 3.70. The number of nitrogens with zero attached hydrogens (tertiary/aromatic N) is 5. The summed E-state index contributed by atoms with van der Waals surface area (Å²) >= 11 is 0. The molecule has 0 spiro atoms. The molecule has 5 nitrogen and oxygen atoms in total. The van der Waals surface area contributed by atoms with Gasteiger partial charge in [-0.25, -0.2) is 4.98 Å². The first-order chi connectivity index (χ1) is 20.3. The van der Waals surface area contributed by atoms with Crippen LogP contribution in [0.25, 0.3) is 77.0 Å². The van der Waals surface area contributed by atoms with Crippen molar-refractivity contribution in [2.75, 3.05) is 0 Å². The van der Waals surface area contributed by atoms with E-state index in [0.29, 0.717) is 0 Å². The molecule has 41 heavy (non-hydrogen) atoms. The molecule has 0 radical (unpaired) electrons. The summed E-state index contributed by atoms with van der Waals surface area (Å²) in [6, 6.07) is 33.1. The van der Waals surface area contributed by atoms with Crippen LogP contribution in [0.3, 0.4) is 0 Å². The molecule has 0 saturated carbocycles.